The van der Waals surface area contributed by atoms with Crippen molar-refractivity contribution in [2.45, 2.75) is 32.7 Å². The maximum absolute atomic E-state index is 12.1. The molecule has 3 rings (SSSR count). The number of carbonyl (C=O) groups is 2. The van der Waals surface area contributed by atoms with Gasteiger partial charge in [-0.2, -0.15) is 5.26 Å². The van der Waals surface area contributed by atoms with Crippen molar-refractivity contribution in [1.82, 2.24) is 9.88 Å². The van der Waals surface area contributed by atoms with Gasteiger partial charge >= 0.3 is 5.97 Å². The zero-order valence-corrected chi connectivity index (χ0v) is 14.6. The van der Waals surface area contributed by atoms with Crippen molar-refractivity contribution >= 4 is 18.0 Å². The molecular weight excluding hydrogens is 330 g/mol. The monoisotopic (exact) mass is 349 g/mol. The molecule has 1 aromatic carbocycles. The smallest absolute Gasteiger partial charge is 0.335 e. The fourth-order valence-electron chi connectivity index (χ4n) is 2.88. The first kappa shape index (κ1) is 17.5. The van der Waals surface area contributed by atoms with Gasteiger partial charge in [-0.3, -0.25) is 4.79 Å². The molecule has 1 aromatic heterocycles. The van der Waals surface area contributed by atoms with E-state index in [1.165, 1.54) is 0 Å². The van der Waals surface area contributed by atoms with Crippen LogP contribution >= 0.6 is 0 Å². The number of aromatic nitrogens is 1. The second kappa shape index (κ2) is 6.89. The quantitative estimate of drug-likeness (QED) is 0.641. The van der Waals surface area contributed by atoms with Crippen LogP contribution < -0.4 is 5.32 Å². The Kier molecular flexibility index (Phi) is 4.63. The summed E-state index contributed by atoms with van der Waals surface area (Å²) in [4.78, 5) is 23.1. The summed E-state index contributed by atoms with van der Waals surface area (Å²) in [5, 5.41) is 21.2. The second-order valence-electron chi connectivity index (χ2n) is 6.43. The summed E-state index contributed by atoms with van der Waals surface area (Å²) < 4.78 is 1.96. The van der Waals surface area contributed by atoms with Crippen LogP contribution in [0.5, 0.6) is 0 Å². The molecule has 0 aliphatic heterocycles. The van der Waals surface area contributed by atoms with Gasteiger partial charge < -0.3 is 15.0 Å². The molecule has 1 aliphatic rings. The minimum absolute atomic E-state index is 0.0818. The van der Waals surface area contributed by atoms with E-state index in [2.05, 4.69) is 5.32 Å². The first-order chi connectivity index (χ1) is 12.4. The third-order valence-corrected chi connectivity index (χ3v) is 4.42. The Hall–Kier alpha value is -3.33. The first-order valence-corrected chi connectivity index (χ1v) is 8.36. The number of amides is 1. The molecule has 1 fully saturated rings. The Morgan fingerprint density at radius 2 is 1.92 bits per heavy atom. The lowest BCUT2D eigenvalue weighted by Crippen LogP contribution is -2.26. The molecule has 2 N–H and O–H groups in total. The molecule has 132 valence electrons. The van der Waals surface area contributed by atoms with Crippen LogP contribution in [-0.2, 0) is 4.79 Å². The van der Waals surface area contributed by atoms with Crippen molar-refractivity contribution in [3.05, 3.63) is 58.4 Å². The molecule has 1 amide bonds. The molecule has 0 bridgehead atoms. The number of carboxylic acid groups (broad SMARTS) is 1. The van der Waals surface area contributed by atoms with Crippen molar-refractivity contribution in [2.75, 3.05) is 0 Å². The number of nitrogens with zero attached hydrogens (tertiary/aromatic N) is 2. The molecule has 1 saturated carbocycles. The summed E-state index contributed by atoms with van der Waals surface area (Å²) in [6, 6.07) is 10.7. The lowest BCUT2D eigenvalue weighted by Gasteiger charge is -2.10. The van der Waals surface area contributed by atoms with Crippen molar-refractivity contribution in [3.63, 3.8) is 0 Å². The highest BCUT2D eigenvalue weighted by molar-refractivity contribution is 6.02. The topological polar surface area (TPSA) is 95.1 Å². The van der Waals surface area contributed by atoms with E-state index in [-0.39, 0.29) is 23.1 Å². The number of carboxylic acids is 1. The Morgan fingerprint density at radius 1 is 1.27 bits per heavy atom. The van der Waals surface area contributed by atoms with Crippen molar-refractivity contribution in [2.24, 2.45) is 0 Å². The van der Waals surface area contributed by atoms with Crippen LogP contribution in [0, 0.1) is 25.2 Å². The minimum Gasteiger partial charge on any atom is -0.478 e. The largest absolute Gasteiger partial charge is 0.478 e. The summed E-state index contributed by atoms with van der Waals surface area (Å²) in [5.41, 5.74) is 3.71. The summed E-state index contributed by atoms with van der Waals surface area (Å²) in [7, 11) is 0. The van der Waals surface area contributed by atoms with Gasteiger partial charge in [-0.05, 0) is 68.7 Å². The van der Waals surface area contributed by atoms with Gasteiger partial charge in [0.05, 0.1) is 5.56 Å². The molecule has 26 heavy (non-hydrogen) atoms. The van der Waals surface area contributed by atoms with Gasteiger partial charge in [0, 0.05) is 23.1 Å². The molecule has 1 aliphatic carbocycles. The Balaban J connectivity index is 1.94. The molecule has 0 spiro atoms. The SMILES string of the molecule is Cc1cc(/C=C(\C#N)C(=O)NC2CC2)c(C)n1-c1ccc(C(=O)O)cc1. The van der Waals surface area contributed by atoms with Crippen LogP contribution in [0.1, 0.15) is 40.2 Å². The van der Waals surface area contributed by atoms with E-state index >= 15 is 0 Å². The number of benzene rings is 1. The molecule has 0 radical (unpaired) electrons. The van der Waals surface area contributed by atoms with Gasteiger partial charge in [-0.15, -0.1) is 0 Å². The van der Waals surface area contributed by atoms with Crippen molar-refractivity contribution < 1.29 is 14.7 Å². The van der Waals surface area contributed by atoms with Gasteiger partial charge in [0.25, 0.3) is 5.91 Å². The molecule has 6 heteroatoms. The van der Waals surface area contributed by atoms with Crippen LogP contribution in [0.2, 0.25) is 0 Å². The Morgan fingerprint density at radius 3 is 2.46 bits per heavy atom. The normalized spacial score (nSPS) is 14.0. The van der Waals surface area contributed by atoms with Crippen LogP contribution in [0.3, 0.4) is 0 Å². The minimum atomic E-state index is -0.971. The van der Waals surface area contributed by atoms with E-state index < -0.39 is 5.97 Å². The predicted octanol–water partition coefficient (Wildman–Crippen LogP) is 2.98. The zero-order chi connectivity index (χ0) is 18.8. The molecule has 6 nitrogen and oxygen atoms in total. The van der Waals surface area contributed by atoms with E-state index in [0.717, 1.165) is 35.5 Å². The highest BCUT2D eigenvalue weighted by Crippen LogP contribution is 2.24. The highest BCUT2D eigenvalue weighted by atomic mass is 16.4. The number of aromatic carboxylic acids is 1. The van der Waals surface area contributed by atoms with Crippen LogP contribution in [0.4, 0.5) is 0 Å². The van der Waals surface area contributed by atoms with Crippen LogP contribution in [0.25, 0.3) is 11.8 Å². The van der Waals surface area contributed by atoms with Gasteiger partial charge in [0.15, 0.2) is 0 Å². The zero-order valence-electron chi connectivity index (χ0n) is 14.6. The summed E-state index contributed by atoms with van der Waals surface area (Å²) in [6.45, 7) is 3.82. The van der Waals surface area contributed by atoms with E-state index in [1.807, 2.05) is 30.6 Å². The molecule has 0 atom stereocenters. The van der Waals surface area contributed by atoms with Gasteiger partial charge in [-0.25, -0.2) is 4.79 Å². The number of nitrogens with one attached hydrogen (secondary N) is 1. The Bertz CT molecular complexity index is 942. The fourth-order valence-corrected chi connectivity index (χ4v) is 2.88. The number of hydrogen-bond donors (Lipinski definition) is 2. The number of rotatable bonds is 5. The van der Waals surface area contributed by atoms with E-state index in [0.29, 0.717) is 0 Å². The van der Waals surface area contributed by atoms with E-state index in [1.54, 1.807) is 30.3 Å². The highest BCUT2D eigenvalue weighted by Gasteiger charge is 2.25. The van der Waals surface area contributed by atoms with Gasteiger partial charge in [0.2, 0.25) is 0 Å². The second-order valence-corrected chi connectivity index (χ2v) is 6.43. The summed E-state index contributed by atoms with van der Waals surface area (Å²) in [6.07, 6.45) is 3.53. The lowest BCUT2D eigenvalue weighted by molar-refractivity contribution is -0.117. The number of carbonyl (C=O) groups excluding carboxylic acids is 1. The standard InChI is InChI=1S/C20H19N3O3/c1-12-9-15(10-16(11-21)19(24)22-17-5-6-17)13(2)23(12)18-7-3-14(4-8-18)20(25)26/h3-4,7-10,17H,5-6H2,1-2H3,(H,22,24)(H,25,26)/b16-10+. The average molecular weight is 349 g/mol. The van der Waals surface area contributed by atoms with E-state index in [4.69, 9.17) is 5.11 Å². The number of hydrogen-bond acceptors (Lipinski definition) is 3. The van der Waals surface area contributed by atoms with Gasteiger partial charge in [-0.1, -0.05) is 0 Å². The van der Waals surface area contributed by atoms with Crippen molar-refractivity contribution in [3.8, 4) is 11.8 Å². The Labute approximate surface area is 151 Å². The van der Waals surface area contributed by atoms with Crippen molar-refractivity contribution in [1.29, 1.82) is 5.26 Å². The molecule has 2 aromatic rings. The third kappa shape index (κ3) is 3.52. The summed E-state index contributed by atoms with van der Waals surface area (Å²) in [5.74, 6) is -1.31. The van der Waals surface area contributed by atoms with Crippen LogP contribution in [0.15, 0.2) is 35.9 Å². The van der Waals surface area contributed by atoms with E-state index in [9.17, 15) is 14.9 Å². The van der Waals surface area contributed by atoms with Crippen LogP contribution in [-0.4, -0.2) is 27.6 Å². The summed E-state index contributed by atoms with van der Waals surface area (Å²) >= 11 is 0. The average Bonchev–Trinajstić information content (AvgIpc) is 3.37. The third-order valence-electron chi connectivity index (χ3n) is 4.42. The number of aryl methyl sites for hydroxylation is 1. The maximum atomic E-state index is 12.1. The fraction of sp³-hybridized carbons (Fsp3) is 0.250. The lowest BCUT2D eigenvalue weighted by atomic mass is 10.1. The maximum Gasteiger partial charge on any atom is 0.335 e. The molecule has 1 heterocycles. The molecular formula is C20H19N3O3. The molecule has 0 unspecified atom stereocenters. The predicted molar refractivity (Wildman–Crippen MR) is 97.0 cm³/mol. The first-order valence-electron chi connectivity index (χ1n) is 8.36. The van der Waals surface area contributed by atoms with Gasteiger partial charge in [0.1, 0.15) is 11.6 Å². The molecule has 0 saturated heterocycles. The number of nitriles is 1.